The minimum atomic E-state index is -0.523. The van der Waals surface area contributed by atoms with Crippen molar-refractivity contribution in [3.8, 4) is 5.69 Å². The Kier molecular flexibility index (Phi) is 7.70. The number of halogens is 1. The molecule has 3 aliphatic heterocycles. The Morgan fingerprint density at radius 1 is 0.933 bits per heavy atom. The predicted molar refractivity (Wildman–Crippen MR) is 175 cm³/mol. The summed E-state index contributed by atoms with van der Waals surface area (Å²) in [5, 5.41) is 0.922. The molecule has 0 N–H and O–H groups in total. The lowest BCUT2D eigenvalue weighted by Crippen LogP contribution is -2.47. The van der Waals surface area contributed by atoms with E-state index in [-0.39, 0.29) is 28.9 Å². The summed E-state index contributed by atoms with van der Waals surface area (Å²) in [6.07, 6.45) is 8.33. The fourth-order valence-corrected chi connectivity index (χ4v) is 8.53. The molecule has 3 aromatic rings. The number of nitrogens with zero attached hydrogens (tertiary/aromatic N) is 4. The molecular formula is C36H43ClN4O4. The van der Waals surface area contributed by atoms with Gasteiger partial charge in [-0.3, -0.25) is 14.2 Å². The third-order valence-electron chi connectivity index (χ3n) is 10.6. The molecule has 0 atom stereocenters. The van der Waals surface area contributed by atoms with Crippen molar-refractivity contribution >= 4 is 34.5 Å². The van der Waals surface area contributed by atoms with Crippen LogP contribution in [0.15, 0.2) is 41.2 Å². The summed E-state index contributed by atoms with van der Waals surface area (Å²) in [7, 11) is 0. The van der Waals surface area contributed by atoms with Gasteiger partial charge < -0.3 is 14.5 Å². The van der Waals surface area contributed by atoms with Crippen LogP contribution in [0.5, 0.6) is 0 Å². The Morgan fingerprint density at radius 2 is 1.62 bits per heavy atom. The van der Waals surface area contributed by atoms with Gasteiger partial charge in [-0.05, 0) is 94.5 Å². The molecule has 4 heterocycles. The summed E-state index contributed by atoms with van der Waals surface area (Å²) in [5.74, 6) is 1.39. The Morgan fingerprint density at radius 3 is 2.31 bits per heavy atom. The standard InChI is InChI=1S/C36H43ClN4O4/c1-35(2,3)45-34(44)40-20-14-24(15-21-40)32(43)39-18-12-23(13-19-39)25-10-11-26-29(22-25)41-28-9-7-8-27(37)30(28)31(42)38-33(41)36(26)16-5-4-6-17-36/h7-11,22-24H,4-6,12-21H2,1-3H3. The maximum atomic E-state index is 13.5. The Bertz CT molecular complexity index is 1700. The lowest BCUT2D eigenvalue weighted by atomic mass is 9.69. The van der Waals surface area contributed by atoms with Crippen molar-refractivity contribution in [2.45, 2.75) is 95.5 Å². The molecule has 45 heavy (non-hydrogen) atoms. The lowest BCUT2D eigenvalue weighted by molar-refractivity contribution is -0.138. The molecule has 1 saturated carbocycles. The molecule has 1 aliphatic carbocycles. The molecule has 1 spiro atoms. The maximum Gasteiger partial charge on any atom is 0.410 e. The normalized spacial score (nSPS) is 20.4. The van der Waals surface area contributed by atoms with Gasteiger partial charge >= 0.3 is 6.09 Å². The van der Waals surface area contributed by atoms with Crippen LogP contribution in [0.4, 0.5) is 4.79 Å². The number of benzene rings is 2. The van der Waals surface area contributed by atoms with Crippen molar-refractivity contribution in [3.63, 3.8) is 0 Å². The molecule has 1 aromatic heterocycles. The average molecular weight is 631 g/mol. The van der Waals surface area contributed by atoms with Crippen LogP contribution in [-0.4, -0.2) is 63.1 Å². The SMILES string of the molecule is CC(C)(C)OC(=O)N1CCC(C(=O)N2CCC(c3ccc4c(c3)-n3c(nc(=O)c5c(Cl)cccc53)C43CCCCC3)CC2)CC1. The minimum Gasteiger partial charge on any atom is -0.444 e. The quantitative estimate of drug-likeness (QED) is 0.306. The third-order valence-corrected chi connectivity index (χ3v) is 10.9. The summed E-state index contributed by atoms with van der Waals surface area (Å²) in [6, 6.07) is 12.6. The fraction of sp³-hybridized carbons (Fsp3) is 0.556. The first-order valence-electron chi connectivity index (χ1n) is 16.7. The Balaban J connectivity index is 1.09. The van der Waals surface area contributed by atoms with Crippen LogP contribution in [-0.2, 0) is 14.9 Å². The van der Waals surface area contributed by atoms with E-state index in [1.54, 1.807) is 11.0 Å². The number of hydrogen-bond donors (Lipinski definition) is 0. The number of carbonyl (C=O) groups is 2. The van der Waals surface area contributed by atoms with Crippen molar-refractivity contribution in [2.75, 3.05) is 26.2 Å². The largest absolute Gasteiger partial charge is 0.444 e. The lowest BCUT2D eigenvalue weighted by Gasteiger charge is -2.38. The first-order valence-corrected chi connectivity index (χ1v) is 17.1. The number of hydrogen-bond acceptors (Lipinski definition) is 5. The molecular weight excluding hydrogens is 588 g/mol. The van der Waals surface area contributed by atoms with Gasteiger partial charge in [0.25, 0.3) is 5.56 Å². The number of ether oxygens (including phenoxy) is 1. The highest BCUT2D eigenvalue weighted by Gasteiger charge is 2.47. The fourth-order valence-electron chi connectivity index (χ4n) is 8.28. The first kappa shape index (κ1) is 30.3. The van der Waals surface area contributed by atoms with E-state index in [1.165, 1.54) is 17.5 Å². The molecule has 9 heteroatoms. The monoisotopic (exact) mass is 630 g/mol. The van der Waals surface area contributed by atoms with Crippen LogP contribution in [0.25, 0.3) is 16.6 Å². The minimum absolute atomic E-state index is 0.0432. The highest BCUT2D eigenvalue weighted by atomic mass is 35.5. The van der Waals surface area contributed by atoms with Crippen molar-refractivity contribution in [1.29, 1.82) is 0 Å². The van der Waals surface area contributed by atoms with Gasteiger partial charge in [0.05, 0.1) is 27.0 Å². The number of piperidine rings is 2. The molecule has 0 radical (unpaired) electrons. The predicted octanol–water partition coefficient (Wildman–Crippen LogP) is 6.96. The Labute approximate surface area is 269 Å². The summed E-state index contributed by atoms with van der Waals surface area (Å²) >= 11 is 6.55. The van der Waals surface area contributed by atoms with Crippen LogP contribution in [0.2, 0.25) is 5.02 Å². The second-order valence-corrected chi connectivity index (χ2v) is 14.9. The summed E-state index contributed by atoms with van der Waals surface area (Å²) < 4.78 is 7.74. The molecule has 0 unspecified atom stereocenters. The van der Waals surface area contributed by atoms with Gasteiger partial charge in [0.15, 0.2) is 0 Å². The van der Waals surface area contributed by atoms with Crippen molar-refractivity contribution in [1.82, 2.24) is 19.4 Å². The zero-order valence-electron chi connectivity index (χ0n) is 26.6. The molecule has 8 nitrogen and oxygen atoms in total. The van der Waals surface area contributed by atoms with E-state index in [1.807, 2.05) is 37.8 Å². The second kappa shape index (κ2) is 11.4. The van der Waals surface area contributed by atoms with E-state index in [4.69, 9.17) is 21.3 Å². The highest BCUT2D eigenvalue weighted by molar-refractivity contribution is 6.35. The molecule has 238 valence electrons. The van der Waals surface area contributed by atoms with Crippen LogP contribution in [0, 0.1) is 5.92 Å². The summed E-state index contributed by atoms with van der Waals surface area (Å²) in [4.78, 5) is 47.7. The zero-order valence-corrected chi connectivity index (χ0v) is 27.4. The van der Waals surface area contributed by atoms with E-state index < -0.39 is 5.60 Å². The zero-order chi connectivity index (χ0) is 31.5. The van der Waals surface area contributed by atoms with Crippen LogP contribution >= 0.6 is 11.6 Å². The van der Waals surface area contributed by atoms with Crippen LogP contribution < -0.4 is 5.56 Å². The first-order chi connectivity index (χ1) is 21.6. The van der Waals surface area contributed by atoms with Gasteiger partial charge in [0, 0.05) is 32.1 Å². The molecule has 2 aromatic carbocycles. The van der Waals surface area contributed by atoms with Gasteiger partial charge in [-0.2, -0.15) is 4.98 Å². The van der Waals surface area contributed by atoms with Gasteiger partial charge in [-0.25, -0.2) is 4.79 Å². The van der Waals surface area contributed by atoms with Gasteiger partial charge in [-0.1, -0.05) is 49.1 Å². The van der Waals surface area contributed by atoms with Crippen molar-refractivity contribution < 1.29 is 14.3 Å². The number of aromatic nitrogens is 2. The highest BCUT2D eigenvalue weighted by Crippen LogP contribution is 2.52. The van der Waals surface area contributed by atoms with Gasteiger partial charge in [0.1, 0.15) is 11.4 Å². The number of likely N-dealkylation sites (tertiary alicyclic amines) is 2. The van der Waals surface area contributed by atoms with E-state index >= 15 is 0 Å². The number of amides is 2. The van der Waals surface area contributed by atoms with Gasteiger partial charge in [0.2, 0.25) is 5.91 Å². The smallest absolute Gasteiger partial charge is 0.410 e. The van der Waals surface area contributed by atoms with E-state index in [0.29, 0.717) is 42.3 Å². The van der Waals surface area contributed by atoms with E-state index in [2.05, 4.69) is 22.8 Å². The summed E-state index contributed by atoms with van der Waals surface area (Å²) in [5.41, 5.74) is 3.50. The molecule has 3 fully saturated rings. The molecule has 0 bridgehead atoms. The van der Waals surface area contributed by atoms with Crippen molar-refractivity contribution in [2.24, 2.45) is 5.92 Å². The number of carbonyl (C=O) groups excluding carboxylic acids is 2. The van der Waals surface area contributed by atoms with E-state index in [0.717, 1.165) is 68.6 Å². The Hall–Kier alpha value is -3.39. The van der Waals surface area contributed by atoms with Gasteiger partial charge in [-0.15, -0.1) is 0 Å². The number of fused-ring (bicyclic) bond motifs is 7. The third kappa shape index (κ3) is 5.33. The van der Waals surface area contributed by atoms with E-state index in [9.17, 15) is 14.4 Å². The topological polar surface area (TPSA) is 84.7 Å². The molecule has 2 saturated heterocycles. The molecule has 7 rings (SSSR count). The molecule has 4 aliphatic rings. The maximum absolute atomic E-state index is 13.5. The average Bonchev–Trinajstić information content (AvgIpc) is 3.28. The van der Waals surface area contributed by atoms with Crippen molar-refractivity contribution in [3.05, 3.63) is 68.7 Å². The molecule has 2 amide bonds. The summed E-state index contributed by atoms with van der Waals surface area (Å²) in [6.45, 7) is 8.20. The van der Waals surface area contributed by atoms with Crippen LogP contribution in [0.3, 0.4) is 0 Å². The number of rotatable bonds is 2. The second-order valence-electron chi connectivity index (χ2n) is 14.5. The van der Waals surface area contributed by atoms with Crippen LogP contribution in [0.1, 0.15) is 101 Å².